The number of rotatable bonds is 12. The van der Waals surface area contributed by atoms with E-state index in [1.165, 1.54) is 42.2 Å². The van der Waals surface area contributed by atoms with Crippen molar-refractivity contribution < 1.29 is 23.0 Å². The molecule has 2 aromatic heterocycles. The first-order valence-corrected chi connectivity index (χ1v) is 12.2. The Hall–Kier alpha value is -4.32. The second-order valence-electron chi connectivity index (χ2n) is 8.87. The Labute approximate surface area is 217 Å². The molecule has 0 unspecified atom stereocenters. The highest BCUT2D eigenvalue weighted by Gasteiger charge is 2.19. The molecular formula is C26H27F2N7O3. The minimum absolute atomic E-state index is 0.202. The number of nitrogens with zero attached hydrogens (tertiary/aromatic N) is 4. The zero-order valence-electron chi connectivity index (χ0n) is 20.7. The van der Waals surface area contributed by atoms with Crippen molar-refractivity contribution in [3.05, 3.63) is 60.7 Å². The number of amides is 1. The topological polar surface area (TPSA) is 115 Å². The van der Waals surface area contributed by atoms with Gasteiger partial charge in [0.2, 0.25) is 5.91 Å². The molecule has 0 spiro atoms. The number of ether oxygens (including phenoxy) is 2. The highest BCUT2D eigenvalue weighted by atomic mass is 19.2. The summed E-state index contributed by atoms with van der Waals surface area (Å²) in [5, 5.41) is 13.8. The Kier molecular flexibility index (Phi) is 7.59. The molecule has 1 amide bonds. The van der Waals surface area contributed by atoms with Crippen LogP contribution in [-0.2, 0) is 11.3 Å². The van der Waals surface area contributed by atoms with E-state index in [-0.39, 0.29) is 12.2 Å². The maximum absolute atomic E-state index is 13.8. The first-order chi connectivity index (χ1) is 18.5. The molecule has 0 bridgehead atoms. The molecule has 0 atom stereocenters. The Balaban J connectivity index is 1.24. The molecule has 0 radical (unpaired) electrons. The number of carbonyl (C=O) groups is 1. The second-order valence-corrected chi connectivity index (χ2v) is 8.87. The Morgan fingerprint density at radius 1 is 1.18 bits per heavy atom. The maximum Gasteiger partial charge on any atom is 0.246 e. The van der Waals surface area contributed by atoms with E-state index < -0.39 is 17.5 Å². The van der Waals surface area contributed by atoms with Crippen molar-refractivity contribution in [2.24, 2.45) is 0 Å². The number of aromatic nitrogens is 4. The van der Waals surface area contributed by atoms with E-state index in [1.807, 2.05) is 6.07 Å². The maximum atomic E-state index is 13.8. The van der Waals surface area contributed by atoms with Gasteiger partial charge in [0.25, 0.3) is 0 Å². The summed E-state index contributed by atoms with van der Waals surface area (Å²) in [6, 6.07) is 7.86. The lowest BCUT2D eigenvalue weighted by molar-refractivity contribution is -0.116. The summed E-state index contributed by atoms with van der Waals surface area (Å²) < 4.78 is 40.1. The number of halogens is 2. The molecule has 2 aromatic carbocycles. The third-order valence-corrected chi connectivity index (χ3v) is 5.94. The van der Waals surface area contributed by atoms with Gasteiger partial charge in [0.15, 0.2) is 23.1 Å². The first kappa shape index (κ1) is 25.3. The number of hydrogen-bond acceptors (Lipinski definition) is 8. The first-order valence-electron chi connectivity index (χ1n) is 12.2. The molecule has 0 aliphatic heterocycles. The molecule has 4 aromatic rings. The smallest absolute Gasteiger partial charge is 0.246 e. The summed E-state index contributed by atoms with van der Waals surface area (Å²) >= 11 is 0. The Bertz CT molecular complexity index is 1440. The number of nitrogens with one attached hydrogen (secondary N) is 3. The van der Waals surface area contributed by atoms with E-state index in [2.05, 4.69) is 31.0 Å². The minimum atomic E-state index is -1.12. The van der Waals surface area contributed by atoms with Crippen molar-refractivity contribution >= 4 is 34.0 Å². The van der Waals surface area contributed by atoms with E-state index in [0.717, 1.165) is 19.0 Å². The van der Waals surface area contributed by atoms with Crippen molar-refractivity contribution in [2.75, 3.05) is 30.9 Å². The Morgan fingerprint density at radius 3 is 2.87 bits per heavy atom. The van der Waals surface area contributed by atoms with Gasteiger partial charge < -0.3 is 25.4 Å². The van der Waals surface area contributed by atoms with Crippen LogP contribution in [0.4, 0.5) is 26.0 Å². The van der Waals surface area contributed by atoms with Crippen molar-refractivity contribution in [3.63, 3.8) is 0 Å². The van der Waals surface area contributed by atoms with Gasteiger partial charge in [-0.2, -0.15) is 5.10 Å². The van der Waals surface area contributed by atoms with Gasteiger partial charge in [0, 0.05) is 23.7 Å². The quantitative estimate of drug-likeness (QED) is 0.239. The zero-order valence-corrected chi connectivity index (χ0v) is 20.7. The molecule has 1 aliphatic rings. The summed E-state index contributed by atoms with van der Waals surface area (Å²) in [5.41, 5.74) is 0.996. The normalized spacial score (nSPS) is 12.9. The van der Waals surface area contributed by atoms with Crippen molar-refractivity contribution in [2.45, 2.75) is 31.8 Å². The molecule has 198 valence electrons. The van der Waals surface area contributed by atoms with Crippen LogP contribution in [0, 0.1) is 11.6 Å². The summed E-state index contributed by atoms with van der Waals surface area (Å²) in [7, 11) is 1.57. The number of carbonyl (C=O) groups excluding carboxylic acids is 1. The van der Waals surface area contributed by atoms with Crippen molar-refractivity contribution in [1.29, 1.82) is 0 Å². The van der Waals surface area contributed by atoms with Gasteiger partial charge >= 0.3 is 0 Å². The fourth-order valence-corrected chi connectivity index (χ4v) is 3.87. The third kappa shape index (κ3) is 6.14. The lowest BCUT2D eigenvalue weighted by Crippen LogP contribution is -2.19. The molecule has 1 saturated carbocycles. The zero-order chi connectivity index (χ0) is 26.5. The van der Waals surface area contributed by atoms with Gasteiger partial charge in [-0.3, -0.25) is 9.48 Å². The molecule has 3 N–H and O–H groups in total. The number of hydrogen-bond donors (Lipinski definition) is 3. The predicted octanol–water partition coefficient (Wildman–Crippen LogP) is 4.02. The van der Waals surface area contributed by atoms with E-state index in [9.17, 15) is 13.6 Å². The SMILES string of the molecule is COc1cc2c(Nc3cnn(CC(=O)Nc4cccc(F)c4F)c3)ncnc2cc1OCCCNC1CC1. The highest BCUT2D eigenvalue weighted by molar-refractivity contribution is 5.93. The van der Waals surface area contributed by atoms with Crippen LogP contribution < -0.4 is 25.4 Å². The van der Waals surface area contributed by atoms with Crippen LogP contribution in [-0.4, -0.2) is 52.0 Å². The van der Waals surface area contributed by atoms with Crippen LogP contribution >= 0.6 is 0 Å². The van der Waals surface area contributed by atoms with Crippen LogP contribution in [0.2, 0.25) is 0 Å². The fourth-order valence-electron chi connectivity index (χ4n) is 3.87. The van der Waals surface area contributed by atoms with Gasteiger partial charge in [-0.15, -0.1) is 0 Å². The van der Waals surface area contributed by atoms with Crippen LogP contribution in [0.5, 0.6) is 11.5 Å². The second kappa shape index (κ2) is 11.4. The van der Waals surface area contributed by atoms with E-state index in [4.69, 9.17) is 9.47 Å². The summed E-state index contributed by atoms with van der Waals surface area (Å²) in [5.74, 6) is -1.04. The average molecular weight is 524 g/mol. The number of methoxy groups -OCH3 is 1. The Morgan fingerprint density at radius 2 is 2.05 bits per heavy atom. The average Bonchev–Trinajstić information content (AvgIpc) is 3.64. The number of benzene rings is 2. The molecule has 5 rings (SSSR count). The largest absolute Gasteiger partial charge is 0.493 e. The van der Waals surface area contributed by atoms with Crippen LogP contribution in [0.15, 0.2) is 49.1 Å². The molecule has 1 aliphatic carbocycles. The van der Waals surface area contributed by atoms with E-state index in [1.54, 1.807) is 19.4 Å². The van der Waals surface area contributed by atoms with Gasteiger partial charge in [-0.25, -0.2) is 18.7 Å². The lowest BCUT2D eigenvalue weighted by atomic mass is 10.2. The molecule has 0 saturated heterocycles. The summed E-state index contributed by atoms with van der Waals surface area (Å²) in [4.78, 5) is 21.0. The van der Waals surface area contributed by atoms with Gasteiger partial charge in [-0.1, -0.05) is 6.07 Å². The van der Waals surface area contributed by atoms with Gasteiger partial charge in [0.1, 0.15) is 18.7 Å². The standard InChI is InChI=1S/C26H27F2N7O3/c1-37-22-10-18-21(11-23(22)38-9-3-8-29-16-6-7-16)30-15-31-26(18)33-17-12-32-35(13-17)14-24(36)34-20-5-2-4-19(27)25(20)28/h2,4-5,10-13,15-16,29H,3,6-9,14H2,1H3,(H,34,36)(H,30,31,33). The van der Waals surface area contributed by atoms with Crippen LogP contribution in [0.1, 0.15) is 19.3 Å². The molecule has 10 nitrogen and oxygen atoms in total. The summed E-state index contributed by atoms with van der Waals surface area (Å²) in [6.07, 6.45) is 7.94. The predicted molar refractivity (Wildman–Crippen MR) is 138 cm³/mol. The van der Waals surface area contributed by atoms with Gasteiger partial charge in [-0.05, 0) is 44.0 Å². The molecular weight excluding hydrogens is 496 g/mol. The fraction of sp³-hybridized carbons (Fsp3) is 0.308. The minimum Gasteiger partial charge on any atom is -0.493 e. The highest BCUT2D eigenvalue weighted by Crippen LogP contribution is 2.34. The third-order valence-electron chi connectivity index (χ3n) is 5.94. The molecule has 2 heterocycles. The molecule has 12 heteroatoms. The van der Waals surface area contributed by atoms with Crippen LogP contribution in [0.3, 0.4) is 0 Å². The van der Waals surface area contributed by atoms with E-state index >= 15 is 0 Å². The van der Waals surface area contributed by atoms with Crippen LogP contribution in [0.25, 0.3) is 10.9 Å². The number of anilines is 3. The molecule has 38 heavy (non-hydrogen) atoms. The number of fused-ring (bicyclic) bond motifs is 1. The van der Waals surface area contributed by atoms with Gasteiger partial charge in [0.05, 0.1) is 36.8 Å². The lowest BCUT2D eigenvalue weighted by Gasteiger charge is -2.13. The molecule has 1 fully saturated rings. The van der Waals surface area contributed by atoms with Crippen molar-refractivity contribution in [1.82, 2.24) is 25.1 Å². The monoisotopic (exact) mass is 523 g/mol. The van der Waals surface area contributed by atoms with Crippen molar-refractivity contribution in [3.8, 4) is 11.5 Å². The van der Waals surface area contributed by atoms with E-state index in [0.29, 0.717) is 46.6 Å². The summed E-state index contributed by atoms with van der Waals surface area (Å²) in [6.45, 7) is 1.26.